The first-order valence-corrected chi connectivity index (χ1v) is 10.5. The Balaban J connectivity index is 0.00000289. The molecule has 0 aromatic carbocycles. The molecule has 4 heterocycles. The van der Waals surface area contributed by atoms with E-state index in [9.17, 15) is 22.0 Å². The Bertz CT molecular complexity index is 1350. The summed E-state index contributed by atoms with van der Waals surface area (Å²) in [6.07, 6.45) is 1.06. The molecule has 0 aliphatic heterocycles. The smallest absolute Gasteiger partial charge is 0.343 e. The monoisotopic (exact) mass is 664 g/mol. The number of hydrogen-bond acceptors (Lipinski definition) is 4. The SMILES string of the molecule is Fc1c[c-]c(-c2cccc(C3(c4cccc(-n5[c-]cc(C(F)(F)F)n5)n4)CCCC3)n2)c(F)n1.[Pt+2]. The molecule has 5 rings (SSSR count). The molecule has 0 atom stereocenters. The van der Waals surface area contributed by atoms with Crippen molar-refractivity contribution in [2.75, 3.05) is 0 Å². The van der Waals surface area contributed by atoms with Gasteiger partial charge in [0.15, 0.2) is 0 Å². The van der Waals surface area contributed by atoms with E-state index in [1.807, 2.05) is 0 Å². The minimum absolute atomic E-state index is 0. The number of aromatic nitrogens is 5. The normalized spacial score (nSPS) is 15.1. The number of rotatable bonds is 4. The molecular formula is C24H16F5N5Pt. The van der Waals surface area contributed by atoms with Gasteiger partial charge < -0.3 is 9.67 Å². The van der Waals surface area contributed by atoms with E-state index in [0.717, 1.165) is 29.7 Å². The largest absolute Gasteiger partial charge is 2.00 e. The topological polar surface area (TPSA) is 56.5 Å². The molecule has 1 saturated carbocycles. The first kappa shape index (κ1) is 25.1. The number of pyridine rings is 3. The van der Waals surface area contributed by atoms with Gasteiger partial charge in [-0.15, -0.1) is 12.1 Å². The summed E-state index contributed by atoms with van der Waals surface area (Å²) in [6.45, 7) is 0. The van der Waals surface area contributed by atoms with Crippen LogP contribution in [0.3, 0.4) is 0 Å². The van der Waals surface area contributed by atoms with E-state index >= 15 is 0 Å². The molecule has 0 spiro atoms. The fraction of sp³-hybridized carbons (Fsp3) is 0.250. The Morgan fingerprint density at radius 3 is 2.23 bits per heavy atom. The molecule has 11 heteroatoms. The van der Waals surface area contributed by atoms with Crippen LogP contribution in [0.4, 0.5) is 22.0 Å². The quantitative estimate of drug-likeness (QED) is 0.165. The van der Waals surface area contributed by atoms with Crippen LogP contribution in [0.15, 0.2) is 48.5 Å². The summed E-state index contributed by atoms with van der Waals surface area (Å²) >= 11 is 0. The minimum Gasteiger partial charge on any atom is -0.343 e. The maximum absolute atomic E-state index is 14.3. The third-order valence-electron chi connectivity index (χ3n) is 5.96. The zero-order chi connectivity index (χ0) is 23.9. The third-order valence-corrected chi connectivity index (χ3v) is 5.96. The predicted molar refractivity (Wildman–Crippen MR) is 111 cm³/mol. The average molecular weight is 664 g/mol. The van der Waals surface area contributed by atoms with Crippen LogP contribution in [-0.2, 0) is 32.7 Å². The van der Waals surface area contributed by atoms with Gasteiger partial charge in [-0.2, -0.15) is 13.2 Å². The summed E-state index contributed by atoms with van der Waals surface area (Å²) in [6, 6.07) is 14.4. The van der Waals surface area contributed by atoms with E-state index < -0.39 is 29.2 Å². The average Bonchev–Trinajstić information content (AvgIpc) is 3.50. The summed E-state index contributed by atoms with van der Waals surface area (Å²) < 4.78 is 67.4. The maximum Gasteiger partial charge on any atom is 2.00 e. The summed E-state index contributed by atoms with van der Waals surface area (Å²) in [5.41, 5.74) is -0.244. The van der Waals surface area contributed by atoms with Crippen LogP contribution < -0.4 is 0 Å². The van der Waals surface area contributed by atoms with Gasteiger partial charge in [-0.05, 0) is 30.7 Å². The second kappa shape index (κ2) is 9.57. The van der Waals surface area contributed by atoms with Crippen LogP contribution in [0.5, 0.6) is 0 Å². The van der Waals surface area contributed by atoms with Crippen LogP contribution in [0.1, 0.15) is 42.8 Å². The van der Waals surface area contributed by atoms with Crippen LogP contribution in [0.2, 0.25) is 0 Å². The summed E-state index contributed by atoms with van der Waals surface area (Å²) in [5.74, 6) is -1.80. The fourth-order valence-electron chi connectivity index (χ4n) is 4.37. The molecule has 0 bridgehead atoms. The molecular weight excluding hydrogens is 648 g/mol. The van der Waals surface area contributed by atoms with Crippen LogP contribution >= 0.6 is 0 Å². The molecule has 0 saturated heterocycles. The van der Waals surface area contributed by atoms with E-state index in [4.69, 9.17) is 0 Å². The number of hydrogen-bond donors (Lipinski definition) is 0. The zero-order valence-corrected chi connectivity index (χ0v) is 20.2. The van der Waals surface area contributed by atoms with Crippen molar-refractivity contribution in [2.45, 2.75) is 37.3 Å². The molecule has 4 aromatic rings. The van der Waals surface area contributed by atoms with E-state index in [1.165, 1.54) is 0 Å². The molecule has 1 aliphatic rings. The van der Waals surface area contributed by atoms with Gasteiger partial charge in [0.25, 0.3) is 0 Å². The fourth-order valence-corrected chi connectivity index (χ4v) is 4.37. The standard InChI is InChI=1S/C24H16F5N5.Pt/c25-20-10-9-15(22(26)32-20)16-5-3-6-17(30-16)23(12-1-2-13-23)18-7-4-8-21(31-18)34-14-11-19(33-34)24(27,28)29;/h3-8,10-11H,1-2,12-13H2;/q-2;+2. The van der Waals surface area contributed by atoms with Crippen molar-refractivity contribution in [1.82, 2.24) is 24.7 Å². The Labute approximate surface area is 211 Å². The minimum atomic E-state index is -4.59. The molecule has 0 amide bonds. The van der Waals surface area contributed by atoms with Crippen molar-refractivity contribution in [3.63, 3.8) is 0 Å². The first-order chi connectivity index (χ1) is 16.3. The van der Waals surface area contributed by atoms with E-state index in [2.05, 4.69) is 32.3 Å². The van der Waals surface area contributed by atoms with Crippen molar-refractivity contribution >= 4 is 0 Å². The van der Waals surface area contributed by atoms with Crippen molar-refractivity contribution in [3.05, 3.63) is 89.8 Å². The molecule has 0 radical (unpaired) electrons. The second-order valence-corrected chi connectivity index (χ2v) is 8.04. The molecule has 0 unspecified atom stereocenters. The van der Waals surface area contributed by atoms with E-state index in [0.29, 0.717) is 24.2 Å². The Morgan fingerprint density at radius 1 is 0.886 bits per heavy atom. The summed E-state index contributed by atoms with van der Waals surface area (Å²) in [5, 5.41) is 3.56. The van der Waals surface area contributed by atoms with E-state index in [1.54, 1.807) is 36.4 Å². The first-order valence-electron chi connectivity index (χ1n) is 10.5. The predicted octanol–water partition coefficient (Wildman–Crippen LogP) is 5.48. The van der Waals surface area contributed by atoms with Gasteiger partial charge >= 0.3 is 27.2 Å². The molecule has 4 aromatic heterocycles. The summed E-state index contributed by atoms with van der Waals surface area (Å²) in [7, 11) is 0. The van der Waals surface area contributed by atoms with Gasteiger partial charge in [0.1, 0.15) is 11.9 Å². The van der Waals surface area contributed by atoms with Crippen molar-refractivity contribution in [3.8, 4) is 17.1 Å². The maximum atomic E-state index is 14.3. The van der Waals surface area contributed by atoms with Gasteiger partial charge in [0.05, 0.1) is 16.9 Å². The molecule has 35 heavy (non-hydrogen) atoms. The van der Waals surface area contributed by atoms with E-state index in [-0.39, 0.29) is 38.1 Å². The molecule has 1 fully saturated rings. The van der Waals surface area contributed by atoms with Crippen LogP contribution in [0, 0.1) is 24.2 Å². The van der Waals surface area contributed by atoms with Crippen LogP contribution in [-0.4, -0.2) is 24.7 Å². The third kappa shape index (κ3) is 4.76. The zero-order valence-electron chi connectivity index (χ0n) is 17.9. The number of nitrogens with zero attached hydrogens (tertiary/aromatic N) is 5. The van der Waals surface area contributed by atoms with Gasteiger partial charge in [0, 0.05) is 11.4 Å². The van der Waals surface area contributed by atoms with Gasteiger partial charge in [0.2, 0.25) is 0 Å². The molecule has 1 aliphatic carbocycles. The second-order valence-electron chi connectivity index (χ2n) is 8.04. The Hall–Kier alpha value is -3.00. The Morgan fingerprint density at radius 2 is 1.57 bits per heavy atom. The Kier molecular flexibility index (Phi) is 6.86. The van der Waals surface area contributed by atoms with Crippen LogP contribution in [0.25, 0.3) is 17.1 Å². The van der Waals surface area contributed by atoms with Crippen molar-refractivity contribution in [1.29, 1.82) is 0 Å². The summed E-state index contributed by atoms with van der Waals surface area (Å²) in [4.78, 5) is 12.5. The van der Waals surface area contributed by atoms with Gasteiger partial charge in [-0.3, -0.25) is 15.1 Å². The number of alkyl halides is 3. The van der Waals surface area contributed by atoms with Crippen molar-refractivity contribution < 1.29 is 43.0 Å². The van der Waals surface area contributed by atoms with Gasteiger partial charge in [-0.25, -0.2) is 8.78 Å². The number of halogens is 5. The van der Waals surface area contributed by atoms with Crippen molar-refractivity contribution in [2.24, 2.45) is 0 Å². The molecule has 5 nitrogen and oxygen atoms in total. The van der Waals surface area contributed by atoms with Gasteiger partial charge in [-0.1, -0.05) is 54.9 Å². The molecule has 0 N–H and O–H groups in total. The molecule has 182 valence electrons.